The van der Waals surface area contributed by atoms with Gasteiger partial charge in [-0.15, -0.1) is 0 Å². The van der Waals surface area contributed by atoms with Crippen LogP contribution in [0.1, 0.15) is 56.3 Å². The molecule has 0 aromatic heterocycles. The van der Waals surface area contributed by atoms with Gasteiger partial charge < -0.3 is 10.4 Å². The molecule has 2 N–H and O–H groups in total. The molecule has 1 fully saturated rings. The van der Waals surface area contributed by atoms with E-state index in [4.69, 9.17) is 0 Å². The summed E-state index contributed by atoms with van der Waals surface area (Å²) in [5.74, 6) is 0. The average Bonchev–Trinajstić information content (AvgIpc) is 2.92. The molecule has 1 aromatic rings. The van der Waals surface area contributed by atoms with Gasteiger partial charge in [0.15, 0.2) is 0 Å². The highest BCUT2D eigenvalue weighted by Gasteiger charge is 2.14. The molecular formula is C16H25NO. The first kappa shape index (κ1) is 13.6. The van der Waals surface area contributed by atoms with Crippen molar-refractivity contribution in [2.45, 2.75) is 57.6 Å². The van der Waals surface area contributed by atoms with Crippen LogP contribution in [0.3, 0.4) is 0 Å². The molecule has 0 amide bonds. The Morgan fingerprint density at radius 2 is 1.89 bits per heavy atom. The van der Waals surface area contributed by atoms with E-state index >= 15 is 0 Å². The Morgan fingerprint density at radius 3 is 2.50 bits per heavy atom. The Labute approximate surface area is 110 Å². The first-order chi connectivity index (χ1) is 8.79. The zero-order valence-electron chi connectivity index (χ0n) is 11.4. The first-order valence-corrected chi connectivity index (χ1v) is 7.30. The highest BCUT2D eigenvalue weighted by molar-refractivity contribution is 5.24. The second-order valence-corrected chi connectivity index (χ2v) is 5.34. The van der Waals surface area contributed by atoms with Crippen LogP contribution in [0.5, 0.6) is 0 Å². The Balaban J connectivity index is 1.74. The molecule has 18 heavy (non-hydrogen) atoms. The molecule has 100 valence electrons. The number of aryl methyl sites for hydroxylation is 1. The molecule has 0 saturated heterocycles. The lowest BCUT2D eigenvalue weighted by Gasteiger charge is -2.15. The van der Waals surface area contributed by atoms with E-state index in [-0.39, 0.29) is 6.10 Å². The van der Waals surface area contributed by atoms with E-state index in [9.17, 15) is 5.11 Å². The van der Waals surface area contributed by atoms with Crippen molar-refractivity contribution in [1.29, 1.82) is 0 Å². The van der Waals surface area contributed by atoms with Gasteiger partial charge in [-0.05, 0) is 43.4 Å². The summed E-state index contributed by atoms with van der Waals surface area (Å²) < 4.78 is 0. The summed E-state index contributed by atoms with van der Waals surface area (Å²) in [5.41, 5.74) is 2.37. The van der Waals surface area contributed by atoms with Crippen LogP contribution >= 0.6 is 0 Å². The molecule has 0 bridgehead atoms. The minimum Gasteiger partial charge on any atom is -0.388 e. The van der Waals surface area contributed by atoms with Gasteiger partial charge in [-0.1, -0.05) is 44.0 Å². The molecule has 1 saturated carbocycles. The summed E-state index contributed by atoms with van der Waals surface area (Å²) in [7, 11) is 0. The van der Waals surface area contributed by atoms with E-state index in [1.54, 1.807) is 0 Å². The van der Waals surface area contributed by atoms with Gasteiger partial charge in [-0.25, -0.2) is 0 Å². The fourth-order valence-corrected chi connectivity index (χ4v) is 2.70. The van der Waals surface area contributed by atoms with Crippen LogP contribution in [0.15, 0.2) is 24.3 Å². The van der Waals surface area contributed by atoms with Gasteiger partial charge in [0.25, 0.3) is 0 Å². The maximum Gasteiger partial charge on any atom is 0.0802 e. The molecular weight excluding hydrogens is 222 g/mol. The number of rotatable bonds is 6. The summed E-state index contributed by atoms with van der Waals surface area (Å²) in [5, 5.41) is 13.7. The fraction of sp³-hybridized carbons (Fsp3) is 0.625. The van der Waals surface area contributed by atoms with Crippen molar-refractivity contribution in [3.05, 3.63) is 35.4 Å². The zero-order chi connectivity index (χ0) is 12.8. The highest BCUT2D eigenvalue weighted by atomic mass is 16.3. The Kier molecular flexibility index (Phi) is 5.21. The van der Waals surface area contributed by atoms with E-state index in [1.165, 1.54) is 31.2 Å². The van der Waals surface area contributed by atoms with Crippen molar-refractivity contribution in [2.24, 2.45) is 0 Å². The van der Waals surface area contributed by atoms with E-state index in [0.29, 0.717) is 6.04 Å². The minimum absolute atomic E-state index is 0.329. The van der Waals surface area contributed by atoms with Gasteiger partial charge in [-0.3, -0.25) is 0 Å². The Hall–Kier alpha value is -0.860. The minimum atomic E-state index is -0.329. The predicted octanol–water partition coefficient (Wildman–Crippen LogP) is 3.20. The van der Waals surface area contributed by atoms with E-state index < -0.39 is 0 Å². The zero-order valence-corrected chi connectivity index (χ0v) is 11.4. The van der Waals surface area contributed by atoms with Gasteiger partial charge >= 0.3 is 0 Å². The molecule has 1 unspecified atom stereocenters. The van der Waals surface area contributed by atoms with Crippen molar-refractivity contribution in [2.75, 3.05) is 6.54 Å². The maximum absolute atomic E-state index is 10.1. The van der Waals surface area contributed by atoms with Crippen LogP contribution in [0.4, 0.5) is 0 Å². The van der Waals surface area contributed by atoms with Crippen LogP contribution < -0.4 is 5.32 Å². The Bertz CT molecular complexity index is 341. The van der Waals surface area contributed by atoms with Gasteiger partial charge in [-0.2, -0.15) is 0 Å². The van der Waals surface area contributed by atoms with Gasteiger partial charge in [0, 0.05) is 6.04 Å². The number of hydrogen-bond acceptors (Lipinski definition) is 2. The van der Waals surface area contributed by atoms with E-state index in [1.807, 2.05) is 0 Å². The summed E-state index contributed by atoms with van der Waals surface area (Å²) in [6.45, 7) is 3.07. The third-order valence-electron chi connectivity index (χ3n) is 3.98. The number of benzene rings is 1. The summed E-state index contributed by atoms with van der Waals surface area (Å²) >= 11 is 0. The molecule has 1 aliphatic carbocycles. The monoisotopic (exact) mass is 247 g/mol. The van der Waals surface area contributed by atoms with Crippen LogP contribution in [-0.4, -0.2) is 17.7 Å². The normalized spacial score (nSPS) is 18.1. The van der Waals surface area contributed by atoms with Gasteiger partial charge in [0.05, 0.1) is 6.10 Å². The number of hydrogen-bond donors (Lipinski definition) is 2. The molecule has 2 nitrogen and oxygen atoms in total. The fourth-order valence-electron chi connectivity index (χ4n) is 2.70. The number of nitrogens with one attached hydrogen (secondary N) is 1. The molecule has 0 radical (unpaired) electrons. The smallest absolute Gasteiger partial charge is 0.0802 e. The Morgan fingerprint density at radius 1 is 1.22 bits per heavy atom. The lowest BCUT2D eigenvalue weighted by atomic mass is 10.0. The molecule has 0 spiro atoms. The van der Waals surface area contributed by atoms with Crippen molar-refractivity contribution < 1.29 is 5.11 Å². The van der Waals surface area contributed by atoms with Crippen molar-refractivity contribution in [3.63, 3.8) is 0 Å². The van der Waals surface area contributed by atoms with Crippen LogP contribution in [0.2, 0.25) is 0 Å². The number of aliphatic hydroxyl groups is 1. The molecule has 2 rings (SSSR count). The molecule has 0 heterocycles. The second kappa shape index (κ2) is 6.91. The van der Waals surface area contributed by atoms with Gasteiger partial charge in [0.1, 0.15) is 0 Å². The number of aliphatic hydroxyl groups excluding tert-OH is 1. The lowest BCUT2D eigenvalue weighted by molar-refractivity contribution is 0.165. The lowest BCUT2D eigenvalue weighted by Crippen LogP contribution is -2.27. The first-order valence-electron chi connectivity index (χ1n) is 7.30. The standard InChI is InChI=1S/C16H25NO/c1-2-13-7-9-14(10-8-13)16(18)11-12-17-15-5-3-4-6-15/h7-10,15-18H,2-6,11-12H2,1H3. The molecule has 1 aliphatic rings. The third-order valence-corrected chi connectivity index (χ3v) is 3.98. The topological polar surface area (TPSA) is 32.3 Å². The van der Waals surface area contributed by atoms with Crippen molar-refractivity contribution >= 4 is 0 Å². The summed E-state index contributed by atoms with van der Waals surface area (Å²) in [6.07, 6.45) is 6.87. The highest BCUT2D eigenvalue weighted by Crippen LogP contribution is 2.19. The third kappa shape index (κ3) is 3.82. The maximum atomic E-state index is 10.1. The van der Waals surface area contributed by atoms with Crippen molar-refractivity contribution in [3.8, 4) is 0 Å². The van der Waals surface area contributed by atoms with E-state index in [2.05, 4.69) is 36.5 Å². The summed E-state index contributed by atoms with van der Waals surface area (Å²) in [4.78, 5) is 0. The van der Waals surface area contributed by atoms with Crippen LogP contribution in [-0.2, 0) is 6.42 Å². The largest absolute Gasteiger partial charge is 0.388 e. The molecule has 2 heteroatoms. The average molecular weight is 247 g/mol. The predicted molar refractivity (Wildman–Crippen MR) is 75.7 cm³/mol. The second-order valence-electron chi connectivity index (χ2n) is 5.34. The SMILES string of the molecule is CCc1ccc(C(O)CCNC2CCCC2)cc1. The van der Waals surface area contributed by atoms with Gasteiger partial charge in [0.2, 0.25) is 0 Å². The van der Waals surface area contributed by atoms with Crippen LogP contribution in [0.25, 0.3) is 0 Å². The van der Waals surface area contributed by atoms with Crippen LogP contribution in [0, 0.1) is 0 Å². The molecule has 1 aromatic carbocycles. The van der Waals surface area contributed by atoms with Crippen molar-refractivity contribution in [1.82, 2.24) is 5.32 Å². The quantitative estimate of drug-likeness (QED) is 0.809. The molecule has 0 aliphatic heterocycles. The molecule has 1 atom stereocenters. The summed E-state index contributed by atoms with van der Waals surface area (Å²) in [6, 6.07) is 9.03. The van der Waals surface area contributed by atoms with E-state index in [0.717, 1.165) is 24.9 Å².